The number of carbonyl (C=O) groups excluding carboxylic acids is 2. The number of amides is 3. The minimum Gasteiger partial charge on any atom is -0.354 e. The van der Waals surface area contributed by atoms with Gasteiger partial charge in [-0.2, -0.15) is 0 Å². The molecule has 5 nitrogen and oxygen atoms in total. The van der Waals surface area contributed by atoms with E-state index in [-0.39, 0.29) is 17.9 Å². The van der Waals surface area contributed by atoms with Crippen LogP contribution in [-0.2, 0) is 11.3 Å². The van der Waals surface area contributed by atoms with Crippen LogP contribution >= 0.6 is 11.8 Å². The number of thioether (sulfide) groups is 1. The van der Waals surface area contributed by atoms with Crippen molar-refractivity contribution < 1.29 is 9.59 Å². The molecule has 0 spiro atoms. The van der Waals surface area contributed by atoms with Gasteiger partial charge in [0, 0.05) is 37.5 Å². The van der Waals surface area contributed by atoms with Gasteiger partial charge in [0.2, 0.25) is 5.91 Å². The van der Waals surface area contributed by atoms with Gasteiger partial charge in [-0.05, 0) is 24.0 Å². The maximum atomic E-state index is 11.9. The van der Waals surface area contributed by atoms with Crippen molar-refractivity contribution in [2.24, 2.45) is 5.92 Å². The Morgan fingerprint density at radius 1 is 1.14 bits per heavy atom. The van der Waals surface area contributed by atoms with Gasteiger partial charge in [-0.3, -0.25) is 4.79 Å². The van der Waals surface area contributed by atoms with Crippen LogP contribution in [0.4, 0.5) is 4.79 Å². The molecule has 1 aromatic carbocycles. The summed E-state index contributed by atoms with van der Waals surface area (Å²) in [6, 6.07) is 8.00. The van der Waals surface area contributed by atoms with Gasteiger partial charge < -0.3 is 15.5 Å². The predicted octanol–water partition coefficient (Wildman–Crippen LogP) is 2.32. The SMILES string of the molecule is CSc1ccc(CN(C)C(=O)NCCNC(=O)C(C)C)cc1. The van der Waals surface area contributed by atoms with Crippen LogP contribution in [0.2, 0.25) is 0 Å². The van der Waals surface area contributed by atoms with Gasteiger partial charge in [0.1, 0.15) is 0 Å². The summed E-state index contributed by atoms with van der Waals surface area (Å²) in [5.74, 6) is -0.0425. The molecular formula is C16H25N3O2S. The molecule has 0 atom stereocenters. The van der Waals surface area contributed by atoms with E-state index in [1.54, 1.807) is 23.7 Å². The summed E-state index contributed by atoms with van der Waals surface area (Å²) < 4.78 is 0. The van der Waals surface area contributed by atoms with Gasteiger partial charge in [-0.25, -0.2) is 4.79 Å². The first-order chi connectivity index (χ1) is 10.4. The molecule has 2 N–H and O–H groups in total. The summed E-state index contributed by atoms with van der Waals surface area (Å²) in [6.45, 7) is 5.10. The highest BCUT2D eigenvalue weighted by molar-refractivity contribution is 7.98. The summed E-state index contributed by atoms with van der Waals surface area (Å²) in [6.07, 6.45) is 2.03. The number of carbonyl (C=O) groups is 2. The maximum absolute atomic E-state index is 11.9. The summed E-state index contributed by atoms with van der Waals surface area (Å²) in [7, 11) is 1.75. The van der Waals surface area contributed by atoms with E-state index in [1.165, 1.54) is 4.90 Å². The minimum absolute atomic E-state index is 0.00325. The van der Waals surface area contributed by atoms with Crippen LogP contribution in [0.5, 0.6) is 0 Å². The largest absolute Gasteiger partial charge is 0.354 e. The van der Waals surface area contributed by atoms with E-state index in [9.17, 15) is 9.59 Å². The lowest BCUT2D eigenvalue weighted by Gasteiger charge is -2.18. The maximum Gasteiger partial charge on any atom is 0.317 e. The first-order valence-electron chi connectivity index (χ1n) is 7.33. The fourth-order valence-electron chi connectivity index (χ4n) is 1.77. The molecule has 6 heteroatoms. The lowest BCUT2D eigenvalue weighted by molar-refractivity contribution is -0.123. The van der Waals surface area contributed by atoms with Gasteiger partial charge in [0.05, 0.1) is 0 Å². The fourth-order valence-corrected chi connectivity index (χ4v) is 2.18. The topological polar surface area (TPSA) is 61.4 Å². The zero-order valence-electron chi connectivity index (χ0n) is 13.7. The van der Waals surface area contributed by atoms with Crippen LogP contribution < -0.4 is 10.6 Å². The average Bonchev–Trinajstić information content (AvgIpc) is 2.51. The van der Waals surface area contributed by atoms with Gasteiger partial charge in [-0.15, -0.1) is 11.8 Å². The standard InChI is InChI=1S/C16H25N3O2S/c1-12(2)15(20)17-9-10-18-16(21)19(3)11-13-5-7-14(22-4)8-6-13/h5-8,12H,9-11H2,1-4H3,(H,17,20)(H,18,21). The lowest BCUT2D eigenvalue weighted by Crippen LogP contribution is -2.41. The number of hydrogen-bond donors (Lipinski definition) is 2. The Bertz CT molecular complexity index is 489. The van der Waals surface area contributed by atoms with Crippen molar-refractivity contribution in [3.63, 3.8) is 0 Å². The van der Waals surface area contributed by atoms with Gasteiger partial charge >= 0.3 is 6.03 Å². The third kappa shape index (κ3) is 6.39. The van der Waals surface area contributed by atoms with Gasteiger partial charge in [0.25, 0.3) is 0 Å². The number of rotatable bonds is 7. The minimum atomic E-state index is -0.146. The van der Waals surface area contributed by atoms with Crippen LogP contribution in [0.1, 0.15) is 19.4 Å². The van der Waals surface area contributed by atoms with Crippen LogP contribution in [-0.4, -0.2) is 43.2 Å². The first kappa shape index (κ1) is 18.4. The third-order valence-corrected chi connectivity index (χ3v) is 3.89. The molecule has 0 heterocycles. The third-order valence-electron chi connectivity index (χ3n) is 3.15. The van der Waals surface area contributed by atoms with Crippen LogP contribution in [0.25, 0.3) is 0 Å². The predicted molar refractivity (Wildman–Crippen MR) is 90.9 cm³/mol. The van der Waals surface area contributed by atoms with Crippen molar-refractivity contribution in [3.05, 3.63) is 29.8 Å². The Balaban J connectivity index is 2.30. The Morgan fingerprint density at radius 2 is 1.73 bits per heavy atom. The smallest absolute Gasteiger partial charge is 0.317 e. The van der Waals surface area contributed by atoms with Crippen LogP contribution in [0.3, 0.4) is 0 Å². The molecule has 0 saturated carbocycles. The Labute approximate surface area is 136 Å². The Hall–Kier alpha value is -1.69. The number of benzene rings is 1. The zero-order valence-corrected chi connectivity index (χ0v) is 14.5. The van der Waals surface area contributed by atoms with Crippen molar-refractivity contribution in [1.82, 2.24) is 15.5 Å². The van der Waals surface area contributed by atoms with Crippen molar-refractivity contribution in [2.45, 2.75) is 25.3 Å². The van der Waals surface area contributed by atoms with E-state index < -0.39 is 0 Å². The molecule has 122 valence electrons. The molecule has 0 saturated heterocycles. The summed E-state index contributed by atoms with van der Waals surface area (Å²) in [5, 5.41) is 5.55. The molecule has 3 amide bonds. The monoisotopic (exact) mass is 323 g/mol. The van der Waals surface area contributed by atoms with E-state index >= 15 is 0 Å². The molecule has 1 rings (SSSR count). The molecule has 0 bridgehead atoms. The molecule has 0 aliphatic rings. The van der Waals surface area contributed by atoms with Gasteiger partial charge in [-0.1, -0.05) is 26.0 Å². The molecule has 0 unspecified atom stereocenters. The normalized spacial score (nSPS) is 10.4. The average molecular weight is 323 g/mol. The Kier molecular flexibility index (Phi) is 7.80. The van der Waals surface area contributed by atoms with Crippen LogP contribution in [0, 0.1) is 5.92 Å². The molecule has 0 radical (unpaired) electrons. The number of hydrogen-bond acceptors (Lipinski definition) is 3. The van der Waals surface area contributed by atoms with E-state index in [0.717, 1.165) is 5.56 Å². The highest BCUT2D eigenvalue weighted by Crippen LogP contribution is 2.15. The van der Waals surface area contributed by atoms with E-state index in [0.29, 0.717) is 19.6 Å². The molecule has 1 aromatic rings. The highest BCUT2D eigenvalue weighted by atomic mass is 32.2. The van der Waals surface area contributed by atoms with E-state index in [4.69, 9.17) is 0 Å². The molecule has 0 aromatic heterocycles. The first-order valence-corrected chi connectivity index (χ1v) is 8.56. The van der Waals surface area contributed by atoms with Gasteiger partial charge in [0.15, 0.2) is 0 Å². The highest BCUT2D eigenvalue weighted by Gasteiger charge is 2.09. The zero-order chi connectivity index (χ0) is 16.5. The number of nitrogens with one attached hydrogen (secondary N) is 2. The van der Waals surface area contributed by atoms with E-state index in [2.05, 4.69) is 10.6 Å². The molecule has 22 heavy (non-hydrogen) atoms. The van der Waals surface area contributed by atoms with E-state index in [1.807, 2.05) is 44.4 Å². The van der Waals surface area contributed by atoms with Crippen molar-refractivity contribution in [3.8, 4) is 0 Å². The summed E-state index contributed by atoms with van der Waals surface area (Å²) in [4.78, 5) is 26.2. The molecule has 0 aliphatic carbocycles. The second-order valence-electron chi connectivity index (χ2n) is 5.38. The molecule has 0 aliphatic heterocycles. The summed E-state index contributed by atoms with van der Waals surface area (Å²) >= 11 is 1.69. The molecular weight excluding hydrogens is 298 g/mol. The van der Waals surface area contributed by atoms with Crippen molar-refractivity contribution >= 4 is 23.7 Å². The lowest BCUT2D eigenvalue weighted by atomic mass is 10.2. The number of urea groups is 1. The summed E-state index contributed by atoms with van der Waals surface area (Å²) in [5.41, 5.74) is 1.09. The second-order valence-corrected chi connectivity index (χ2v) is 6.26. The number of nitrogens with zero attached hydrogens (tertiary/aromatic N) is 1. The Morgan fingerprint density at radius 3 is 2.27 bits per heavy atom. The van der Waals surface area contributed by atoms with Crippen molar-refractivity contribution in [1.29, 1.82) is 0 Å². The van der Waals surface area contributed by atoms with Crippen LogP contribution in [0.15, 0.2) is 29.2 Å². The quantitative estimate of drug-likeness (QED) is 0.598. The van der Waals surface area contributed by atoms with Crippen molar-refractivity contribution in [2.75, 3.05) is 26.4 Å². The fraction of sp³-hybridized carbons (Fsp3) is 0.500. The molecule has 0 fully saturated rings. The second kappa shape index (κ2) is 9.35.